The van der Waals surface area contributed by atoms with Crippen LogP contribution < -0.4 is 4.74 Å². The van der Waals surface area contributed by atoms with E-state index in [0.29, 0.717) is 21.4 Å². The highest BCUT2D eigenvalue weighted by molar-refractivity contribution is 6.34. The number of carbonyl (C=O) groups is 1. The van der Waals surface area contributed by atoms with E-state index in [1.54, 1.807) is 24.5 Å². The van der Waals surface area contributed by atoms with Gasteiger partial charge in [0.15, 0.2) is 12.4 Å². The highest BCUT2D eigenvalue weighted by Gasteiger charge is 2.13. The second-order valence-electron chi connectivity index (χ2n) is 6.09. The van der Waals surface area contributed by atoms with Gasteiger partial charge in [-0.2, -0.15) is 0 Å². The molecular weight excluding hydrogens is 371 g/mol. The first-order chi connectivity index (χ1) is 12.3. The lowest BCUT2D eigenvalue weighted by Gasteiger charge is -2.12. The van der Waals surface area contributed by atoms with E-state index in [0.717, 1.165) is 23.4 Å². The summed E-state index contributed by atoms with van der Waals surface area (Å²) in [6.07, 6.45) is 1.79. The van der Waals surface area contributed by atoms with E-state index >= 15 is 0 Å². The maximum absolute atomic E-state index is 12.5. The van der Waals surface area contributed by atoms with Crippen LogP contribution in [0.5, 0.6) is 5.75 Å². The molecular formula is C20H22Cl2N2O2. The number of hydrogen-bond acceptors (Lipinski definition) is 3. The molecule has 0 spiro atoms. The average Bonchev–Trinajstić information content (AvgIpc) is 2.58. The van der Waals surface area contributed by atoms with Crippen molar-refractivity contribution in [2.75, 3.05) is 20.2 Å². The first-order valence-electron chi connectivity index (χ1n) is 8.28. The first kappa shape index (κ1) is 20.3. The molecule has 0 amide bonds. The monoisotopic (exact) mass is 392 g/mol. The molecule has 0 aliphatic heterocycles. The molecule has 0 atom stereocenters. The predicted molar refractivity (Wildman–Crippen MR) is 109 cm³/mol. The number of nitrogens with zero attached hydrogens (tertiary/aromatic N) is 2. The van der Waals surface area contributed by atoms with Crippen LogP contribution in [0.3, 0.4) is 0 Å². The van der Waals surface area contributed by atoms with Crippen molar-refractivity contribution in [1.29, 1.82) is 0 Å². The van der Waals surface area contributed by atoms with Gasteiger partial charge in [-0.1, -0.05) is 23.2 Å². The van der Waals surface area contributed by atoms with Gasteiger partial charge in [0.25, 0.3) is 0 Å². The summed E-state index contributed by atoms with van der Waals surface area (Å²) in [5.74, 6) is 0.358. The molecule has 2 rings (SSSR count). The molecule has 0 N–H and O–H groups in total. The standard InChI is InChI=1S/C20H22Cl2N2O2/c1-5-24(4)12-23-19-7-13(2)18(6-14(19)3)20(25)11-26-17-9-15(21)8-16(22)10-17/h6-10,12H,5,11H2,1-4H3. The summed E-state index contributed by atoms with van der Waals surface area (Å²) >= 11 is 11.9. The average molecular weight is 393 g/mol. The number of halogens is 2. The summed E-state index contributed by atoms with van der Waals surface area (Å²) in [7, 11) is 1.96. The molecule has 0 bridgehead atoms. The van der Waals surface area contributed by atoms with Crippen molar-refractivity contribution in [3.8, 4) is 5.75 Å². The van der Waals surface area contributed by atoms with Gasteiger partial charge < -0.3 is 9.64 Å². The Morgan fingerprint density at radius 2 is 1.77 bits per heavy atom. The summed E-state index contributed by atoms with van der Waals surface area (Å²) in [6.45, 7) is 6.68. The van der Waals surface area contributed by atoms with Crippen molar-refractivity contribution < 1.29 is 9.53 Å². The van der Waals surface area contributed by atoms with Crippen LogP contribution in [0.15, 0.2) is 35.3 Å². The number of aliphatic imine (C=N–C) groups is 1. The van der Waals surface area contributed by atoms with Crippen LogP contribution in [-0.2, 0) is 0 Å². The lowest BCUT2D eigenvalue weighted by atomic mass is 10.0. The maximum atomic E-state index is 12.5. The Morgan fingerprint density at radius 1 is 1.12 bits per heavy atom. The molecule has 0 saturated heterocycles. The van der Waals surface area contributed by atoms with E-state index in [1.807, 2.05) is 37.9 Å². The minimum absolute atomic E-state index is 0.0852. The molecule has 0 heterocycles. The predicted octanol–water partition coefficient (Wildman–Crippen LogP) is 5.48. The van der Waals surface area contributed by atoms with E-state index in [2.05, 4.69) is 11.9 Å². The van der Waals surface area contributed by atoms with Crippen LogP contribution in [-0.4, -0.2) is 37.2 Å². The van der Waals surface area contributed by atoms with Gasteiger partial charge in [-0.05, 0) is 62.2 Å². The van der Waals surface area contributed by atoms with Gasteiger partial charge in [0, 0.05) is 29.2 Å². The SMILES string of the molecule is CCN(C)C=Nc1cc(C)c(C(=O)COc2cc(Cl)cc(Cl)c2)cc1C. The molecule has 2 aromatic carbocycles. The summed E-state index contributed by atoms with van der Waals surface area (Å²) in [6, 6.07) is 8.63. The normalized spacial score (nSPS) is 11.0. The van der Waals surface area contributed by atoms with Crippen LogP contribution >= 0.6 is 23.2 Å². The van der Waals surface area contributed by atoms with E-state index in [4.69, 9.17) is 27.9 Å². The van der Waals surface area contributed by atoms with Crippen molar-refractivity contribution in [2.24, 2.45) is 4.99 Å². The highest BCUT2D eigenvalue weighted by Crippen LogP contribution is 2.26. The van der Waals surface area contributed by atoms with Crippen LogP contribution in [0.2, 0.25) is 10.0 Å². The lowest BCUT2D eigenvalue weighted by molar-refractivity contribution is 0.0921. The van der Waals surface area contributed by atoms with Gasteiger partial charge in [0.2, 0.25) is 0 Å². The van der Waals surface area contributed by atoms with E-state index in [1.165, 1.54) is 0 Å². The van der Waals surface area contributed by atoms with Crippen molar-refractivity contribution in [1.82, 2.24) is 4.90 Å². The van der Waals surface area contributed by atoms with Crippen LogP contribution in [0.1, 0.15) is 28.4 Å². The van der Waals surface area contributed by atoms with E-state index in [-0.39, 0.29) is 12.4 Å². The Bertz CT molecular complexity index is 815. The number of ether oxygens (including phenoxy) is 1. The van der Waals surface area contributed by atoms with E-state index in [9.17, 15) is 4.79 Å². The molecule has 0 radical (unpaired) electrons. The number of benzene rings is 2. The zero-order chi connectivity index (χ0) is 19.3. The molecule has 138 valence electrons. The summed E-state index contributed by atoms with van der Waals surface area (Å²) in [5, 5.41) is 0.928. The highest BCUT2D eigenvalue weighted by atomic mass is 35.5. The fourth-order valence-electron chi connectivity index (χ4n) is 2.32. The summed E-state index contributed by atoms with van der Waals surface area (Å²) in [4.78, 5) is 19.0. The molecule has 0 aromatic heterocycles. The lowest BCUT2D eigenvalue weighted by Crippen LogP contribution is -2.14. The smallest absolute Gasteiger partial charge is 0.200 e. The minimum atomic E-state index is -0.108. The fourth-order valence-corrected chi connectivity index (χ4v) is 2.83. The van der Waals surface area contributed by atoms with Crippen molar-refractivity contribution in [3.63, 3.8) is 0 Å². The third-order valence-corrected chi connectivity index (χ3v) is 4.38. The largest absolute Gasteiger partial charge is 0.485 e. The number of hydrogen-bond donors (Lipinski definition) is 0. The molecule has 26 heavy (non-hydrogen) atoms. The van der Waals surface area contributed by atoms with Crippen LogP contribution in [0.25, 0.3) is 0 Å². The quantitative estimate of drug-likeness (QED) is 0.355. The van der Waals surface area contributed by atoms with Crippen molar-refractivity contribution in [2.45, 2.75) is 20.8 Å². The second-order valence-corrected chi connectivity index (χ2v) is 6.96. The van der Waals surface area contributed by atoms with Gasteiger partial charge in [0.1, 0.15) is 5.75 Å². The van der Waals surface area contributed by atoms with Crippen molar-refractivity contribution >= 4 is 41.0 Å². The molecule has 2 aromatic rings. The summed E-state index contributed by atoms with van der Waals surface area (Å²) < 4.78 is 5.55. The Labute approximate surface area is 164 Å². The Hall–Kier alpha value is -2.04. The van der Waals surface area contributed by atoms with Gasteiger partial charge in [-0.25, -0.2) is 4.99 Å². The number of carbonyl (C=O) groups excluding carboxylic acids is 1. The maximum Gasteiger partial charge on any atom is 0.200 e. The molecule has 0 saturated carbocycles. The van der Waals surface area contributed by atoms with Crippen molar-refractivity contribution in [3.05, 3.63) is 57.1 Å². The first-order valence-corrected chi connectivity index (χ1v) is 9.03. The number of aryl methyl sites for hydroxylation is 2. The molecule has 4 nitrogen and oxygen atoms in total. The zero-order valence-corrected chi connectivity index (χ0v) is 16.9. The molecule has 6 heteroatoms. The summed E-state index contributed by atoms with van der Waals surface area (Å²) in [5.41, 5.74) is 3.27. The van der Waals surface area contributed by atoms with E-state index < -0.39 is 0 Å². The van der Waals surface area contributed by atoms with Gasteiger partial charge in [-0.3, -0.25) is 4.79 Å². The molecule has 0 unspecified atom stereocenters. The van der Waals surface area contributed by atoms with Gasteiger partial charge >= 0.3 is 0 Å². The topological polar surface area (TPSA) is 41.9 Å². The third kappa shape index (κ3) is 5.48. The zero-order valence-electron chi connectivity index (χ0n) is 15.3. The molecule has 0 aliphatic carbocycles. The number of ketones is 1. The molecule has 0 aliphatic rings. The minimum Gasteiger partial charge on any atom is -0.485 e. The fraction of sp³-hybridized carbons (Fsp3) is 0.300. The Morgan fingerprint density at radius 3 is 2.38 bits per heavy atom. The third-order valence-electron chi connectivity index (χ3n) is 3.94. The molecule has 0 fully saturated rings. The van der Waals surface area contributed by atoms with Gasteiger partial charge in [-0.15, -0.1) is 0 Å². The van der Waals surface area contributed by atoms with Crippen LogP contribution in [0, 0.1) is 13.8 Å². The number of rotatable bonds is 7. The second kappa shape index (κ2) is 9.06. The Balaban J connectivity index is 2.13. The number of Topliss-reactive ketones (excluding diaryl/α,β-unsaturated/α-hetero) is 1. The van der Waals surface area contributed by atoms with Crippen LogP contribution in [0.4, 0.5) is 5.69 Å². The Kier molecular flexibility index (Phi) is 7.06. The van der Waals surface area contributed by atoms with Gasteiger partial charge in [0.05, 0.1) is 12.0 Å².